The topological polar surface area (TPSA) is 29.3 Å². The number of nitrogens with zero attached hydrogens (tertiary/aromatic N) is 2. The summed E-state index contributed by atoms with van der Waals surface area (Å²) in [6.07, 6.45) is 0. The van der Waals surface area contributed by atoms with Gasteiger partial charge in [-0.3, -0.25) is 4.57 Å². The van der Waals surface area contributed by atoms with Crippen LogP contribution in [0, 0.1) is 13.8 Å². The zero-order chi connectivity index (χ0) is 16.2. The molecule has 23 heavy (non-hydrogen) atoms. The third-order valence-electron chi connectivity index (χ3n) is 3.39. The molecule has 0 aliphatic carbocycles. The zero-order valence-electron chi connectivity index (χ0n) is 13.0. The van der Waals surface area contributed by atoms with Crippen LogP contribution in [-0.4, -0.2) is 9.68 Å². The highest BCUT2D eigenvalue weighted by Crippen LogP contribution is 2.12. The molecule has 116 valence electrons. The van der Waals surface area contributed by atoms with Gasteiger partial charge in [-0.05, 0) is 50.3 Å². The van der Waals surface area contributed by atoms with E-state index in [0.29, 0.717) is 5.11 Å². The summed E-state index contributed by atoms with van der Waals surface area (Å²) in [5.41, 5.74) is 4.41. The molecule has 0 amide bonds. The molecule has 0 bridgehead atoms. The second kappa shape index (κ2) is 6.89. The molecular weight excluding hydrogens is 322 g/mol. The molecule has 1 aromatic heterocycles. The summed E-state index contributed by atoms with van der Waals surface area (Å²) in [6, 6.07) is 18.2. The van der Waals surface area contributed by atoms with Crippen molar-refractivity contribution in [3.05, 3.63) is 76.0 Å². The largest absolute Gasteiger partial charge is 0.331 e. The molecule has 0 fully saturated rings. The zero-order valence-corrected chi connectivity index (χ0v) is 14.6. The van der Waals surface area contributed by atoms with Gasteiger partial charge in [0.1, 0.15) is 0 Å². The van der Waals surface area contributed by atoms with Gasteiger partial charge >= 0.3 is 0 Å². The lowest BCUT2D eigenvalue weighted by atomic mass is 10.2. The molecule has 3 aromatic rings. The number of aromatic nitrogens is 1. The predicted molar refractivity (Wildman–Crippen MR) is 101 cm³/mol. The van der Waals surface area contributed by atoms with Gasteiger partial charge in [-0.25, -0.2) is 0 Å². The van der Waals surface area contributed by atoms with Gasteiger partial charge < -0.3 is 5.32 Å². The summed E-state index contributed by atoms with van der Waals surface area (Å²) in [5.74, 6) is 0. The van der Waals surface area contributed by atoms with Gasteiger partial charge in [0.15, 0.2) is 9.91 Å². The van der Waals surface area contributed by atoms with Crippen molar-refractivity contribution >= 4 is 34.4 Å². The molecule has 0 saturated heterocycles. The van der Waals surface area contributed by atoms with Crippen LogP contribution in [-0.2, 0) is 0 Å². The number of hydrogen-bond acceptors (Lipinski definition) is 2. The van der Waals surface area contributed by atoms with Crippen molar-refractivity contribution in [2.75, 3.05) is 5.32 Å². The number of aryl methyl sites for hydroxylation is 2. The maximum atomic E-state index is 5.37. The predicted octanol–water partition coefficient (Wildman–Crippen LogP) is 4.45. The van der Waals surface area contributed by atoms with Gasteiger partial charge in [0.2, 0.25) is 0 Å². The van der Waals surface area contributed by atoms with Gasteiger partial charge in [0.05, 0.1) is 0 Å². The van der Waals surface area contributed by atoms with Crippen LogP contribution < -0.4 is 10.1 Å². The first kappa shape index (κ1) is 15.6. The normalized spacial score (nSPS) is 11.5. The lowest BCUT2D eigenvalue weighted by molar-refractivity contribution is 0.958. The van der Waals surface area contributed by atoms with E-state index in [1.807, 2.05) is 30.3 Å². The Balaban J connectivity index is 1.94. The highest BCUT2D eigenvalue weighted by atomic mass is 32.1. The van der Waals surface area contributed by atoms with Crippen LogP contribution >= 0.6 is 23.6 Å². The number of thiazole rings is 1. The summed E-state index contributed by atoms with van der Waals surface area (Å²) >= 11 is 6.96. The summed E-state index contributed by atoms with van der Waals surface area (Å²) < 4.78 is 2.11. The molecule has 5 heteroatoms. The minimum Gasteiger partial charge on any atom is -0.331 e. The van der Waals surface area contributed by atoms with E-state index in [1.165, 1.54) is 5.56 Å². The Morgan fingerprint density at radius 1 is 1.04 bits per heavy atom. The summed E-state index contributed by atoms with van der Waals surface area (Å²) in [6.45, 7) is 4.15. The van der Waals surface area contributed by atoms with Gasteiger partial charge in [-0.2, -0.15) is 4.99 Å². The van der Waals surface area contributed by atoms with Crippen LogP contribution in [0.2, 0.25) is 0 Å². The molecule has 0 atom stereocenters. The van der Waals surface area contributed by atoms with Crippen LogP contribution in [0.5, 0.6) is 0 Å². The Hall–Kier alpha value is -2.24. The first-order valence-corrected chi connectivity index (χ1v) is 8.57. The van der Waals surface area contributed by atoms with E-state index in [4.69, 9.17) is 12.2 Å². The Labute approximate surface area is 145 Å². The molecule has 0 unspecified atom stereocenters. The number of anilines is 1. The average Bonchev–Trinajstić information content (AvgIpc) is 2.90. The van der Waals surface area contributed by atoms with Crippen molar-refractivity contribution in [3.8, 4) is 5.69 Å². The molecule has 0 aliphatic heterocycles. The van der Waals surface area contributed by atoms with Gasteiger partial charge in [-0.1, -0.05) is 35.9 Å². The van der Waals surface area contributed by atoms with Crippen LogP contribution in [0.15, 0.2) is 65.0 Å². The highest BCUT2D eigenvalue weighted by molar-refractivity contribution is 7.80. The molecule has 1 N–H and O–H groups in total. The van der Waals surface area contributed by atoms with Crippen molar-refractivity contribution in [3.63, 3.8) is 0 Å². The van der Waals surface area contributed by atoms with Crippen LogP contribution in [0.4, 0.5) is 5.69 Å². The van der Waals surface area contributed by atoms with Crippen LogP contribution in [0.3, 0.4) is 0 Å². The van der Waals surface area contributed by atoms with Crippen LogP contribution in [0.25, 0.3) is 5.69 Å². The third kappa shape index (κ3) is 3.75. The molecular formula is C18H17N3S2. The number of hydrogen-bond donors (Lipinski definition) is 1. The van der Waals surface area contributed by atoms with Gasteiger partial charge in [-0.15, -0.1) is 11.3 Å². The molecule has 3 nitrogen and oxygen atoms in total. The second-order valence-electron chi connectivity index (χ2n) is 5.24. The summed E-state index contributed by atoms with van der Waals surface area (Å²) in [4.78, 5) is 5.44. The van der Waals surface area contributed by atoms with Crippen LogP contribution in [0.1, 0.15) is 11.3 Å². The minimum atomic E-state index is 0.457. The van der Waals surface area contributed by atoms with E-state index in [9.17, 15) is 0 Å². The maximum absolute atomic E-state index is 5.37. The molecule has 0 aliphatic rings. The third-order valence-corrected chi connectivity index (χ3v) is 4.53. The summed E-state index contributed by atoms with van der Waals surface area (Å²) in [5, 5.41) is 5.69. The van der Waals surface area contributed by atoms with Crippen molar-refractivity contribution in [2.45, 2.75) is 13.8 Å². The lowest BCUT2D eigenvalue weighted by Crippen LogP contribution is -2.18. The Kier molecular flexibility index (Phi) is 4.69. The van der Waals surface area contributed by atoms with E-state index >= 15 is 0 Å². The molecule has 0 spiro atoms. The van der Waals surface area contributed by atoms with E-state index < -0.39 is 0 Å². The fourth-order valence-corrected chi connectivity index (χ4v) is 3.38. The Bertz CT molecular complexity index is 875. The van der Waals surface area contributed by atoms with Crippen molar-refractivity contribution < 1.29 is 0 Å². The number of nitrogens with one attached hydrogen (secondary N) is 1. The first-order valence-electron chi connectivity index (χ1n) is 7.28. The quantitative estimate of drug-likeness (QED) is 0.699. The number of para-hydroxylation sites is 1. The maximum Gasteiger partial charge on any atom is 0.199 e. The lowest BCUT2D eigenvalue weighted by Gasteiger charge is -2.07. The van der Waals surface area contributed by atoms with E-state index in [-0.39, 0.29) is 0 Å². The average molecular weight is 339 g/mol. The van der Waals surface area contributed by atoms with Crippen molar-refractivity contribution in [1.82, 2.24) is 4.57 Å². The first-order chi connectivity index (χ1) is 11.1. The number of benzene rings is 2. The fourth-order valence-electron chi connectivity index (χ4n) is 2.24. The van der Waals surface area contributed by atoms with Crippen molar-refractivity contribution in [2.24, 2.45) is 4.99 Å². The smallest absolute Gasteiger partial charge is 0.199 e. The summed E-state index contributed by atoms with van der Waals surface area (Å²) in [7, 11) is 0. The van der Waals surface area contributed by atoms with E-state index in [0.717, 1.165) is 21.9 Å². The van der Waals surface area contributed by atoms with Crippen molar-refractivity contribution in [1.29, 1.82) is 0 Å². The van der Waals surface area contributed by atoms with Gasteiger partial charge in [0.25, 0.3) is 0 Å². The molecule has 0 radical (unpaired) electrons. The molecule has 0 saturated carbocycles. The number of rotatable bonds is 2. The van der Waals surface area contributed by atoms with E-state index in [2.05, 4.69) is 58.4 Å². The number of thiocarbonyl (C=S) groups is 1. The van der Waals surface area contributed by atoms with E-state index in [1.54, 1.807) is 11.3 Å². The van der Waals surface area contributed by atoms with Gasteiger partial charge in [0, 0.05) is 22.4 Å². The highest BCUT2D eigenvalue weighted by Gasteiger charge is 2.05. The molecule has 2 aromatic carbocycles. The molecule has 1 heterocycles. The minimum absolute atomic E-state index is 0.457. The molecule has 3 rings (SSSR count). The Morgan fingerprint density at radius 3 is 2.43 bits per heavy atom. The SMILES string of the molecule is Cc1ccc(-n2c(C)cs/c2=N\C(=S)Nc2ccccc2)cc1. The standard InChI is InChI=1S/C18H17N3S2/c1-13-8-10-16(11-9-13)21-14(2)12-23-18(21)20-17(22)19-15-6-4-3-5-7-15/h3-12H,1-2H3,(H,19,22)/b20-18-. The Morgan fingerprint density at radius 2 is 1.74 bits per heavy atom. The second-order valence-corrected chi connectivity index (χ2v) is 6.46. The monoisotopic (exact) mass is 339 g/mol. The fraction of sp³-hybridized carbons (Fsp3) is 0.111.